The van der Waals surface area contributed by atoms with Crippen LogP contribution in [0.25, 0.3) is 0 Å². The summed E-state index contributed by atoms with van der Waals surface area (Å²) >= 11 is 0. The number of aryl methyl sites for hydroxylation is 2. The molecule has 2 aliphatic rings. The van der Waals surface area contributed by atoms with Crippen molar-refractivity contribution in [2.24, 2.45) is 0 Å². The van der Waals surface area contributed by atoms with Crippen LogP contribution in [0.3, 0.4) is 0 Å². The second kappa shape index (κ2) is 12.3. The molecule has 2 aliphatic heterocycles. The van der Waals surface area contributed by atoms with Crippen molar-refractivity contribution < 1.29 is 9.53 Å². The van der Waals surface area contributed by atoms with Crippen LogP contribution < -0.4 is 20.9 Å². The van der Waals surface area contributed by atoms with E-state index in [-0.39, 0.29) is 5.91 Å². The summed E-state index contributed by atoms with van der Waals surface area (Å²) in [6.45, 7) is 13.5. The van der Waals surface area contributed by atoms with E-state index < -0.39 is 0 Å². The smallest absolute Gasteiger partial charge is 0.247 e. The normalized spacial score (nSPS) is 16.5. The number of carbonyl (C=O) groups is 1. The third-order valence-corrected chi connectivity index (χ3v) is 7.40. The van der Waals surface area contributed by atoms with Gasteiger partial charge in [0.2, 0.25) is 11.9 Å². The Morgan fingerprint density at radius 2 is 1.77 bits per heavy atom. The lowest BCUT2D eigenvalue weighted by molar-refractivity contribution is -0.111. The Labute approximate surface area is 230 Å². The second-order valence-corrected chi connectivity index (χ2v) is 10.1. The molecule has 2 fully saturated rings. The van der Waals surface area contributed by atoms with E-state index in [1.54, 1.807) is 6.20 Å². The van der Waals surface area contributed by atoms with Crippen molar-refractivity contribution in [1.82, 2.24) is 14.9 Å². The van der Waals surface area contributed by atoms with Gasteiger partial charge in [0, 0.05) is 66.7 Å². The lowest BCUT2D eigenvalue weighted by atomic mass is 10.0. The molecule has 3 heterocycles. The molecule has 39 heavy (non-hydrogen) atoms. The number of piperidine rings is 1. The molecule has 0 aliphatic carbocycles. The number of ether oxygens (including phenoxy) is 1. The van der Waals surface area contributed by atoms with E-state index in [2.05, 4.69) is 62.4 Å². The molecule has 2 saturated heterocycles. The summed E-state index contributed by atoms with van der Waals surface area (Å²) in [5.41, 5.74) is 5.78. The van der Waals surface area contributed by atoms with Gasteiger partial charge in [-0.2, -0.15) is 4.98 Å². The topological polar surface area (TPSA) is 94.6 Å². The molecule has 9 heteroatoms. The maximum Gasteiger partial charge on any atom is 0.247 e. The van der Waals surface area contributed by atoms with Gasteiger partial charge in [0.15, 0.2) is 0 Å². The molecule has 1 aromatic heterocycles. The van der Waals surface area contributed by atoms with Crippen LogP contribution in [0.1, 0.15) is 24.0 Å². The summed E-state index contributed by atoms with van der Waals surface area (Å²) in [4.78, 5) is 25.9. The molecule has 1 amide bonds. The van der Waals surface area contributed by atoms with Crippen LogP contribution >= 0.6 is 0 Å². The lowest BCUT2D eigenvalue weighted by Gasteiger charge is -2.41. The molecule has 2 aromatic carbocycles. The molecule has 3 aromatic rings. The van der Waals surface area contributed by atoms with Gasteiger partial charge in [-0.05, 0) is 74.7 Å². The average molecular weight is 528 g/mol. The first-order valence-corrected chi connectivity index (χ1v) is 13.6. The molecular weight excluding hydrogens is 490 g/mol. The molecule has 0 atom stereocenters. The number of aromatic nitrogens is 2. The maximum absolute atomic E-state index is 11.6. The number of nitrogens with zero attached hydrogens (tertiary/aromatic N) is 4. The van der Waals surface area contributed by atoms with Crippen molar-refractivity contribution in [3.63, 3.8) is 0 Å². The fraction of sp³-hybridized carbons (Fsp3) is 0.367. The van der Waals surface area contributed by atoms with E-state index in [1.165, 1.54) is 24.6 Å². The monoisotopic (exact) mass is 527 g/mol. The molecular formula is C30H37N7O2. The predicted octanol–water partition coefficient (Wildman–Crippen LogP) is 5.01. The summed E-state index contributed by atoms with van der Waals surface area (Å²) in [6.07, 6.45) is 5.42. The number of anilines is 6. The Bertz CT molecular complexity index is 1310. The molecule has 3 N–H and O–H groups in total. The largest absolute Gasteiger partial charge is 0.379 e. The summed E-state index contributed by atoms with van der Waals surface area (Å²) in [6, 6.07) is 14.7. The minimum absolute atomic E-state index is 0.254. The summed E-state index contributed by atoms with van der Waals surface area (Å²) in [5, 5.41) is 9.50. The SMILES string of the molecule is C=CC(=O)Nc1cccc(Nc2nc(Nc3ccc(N4CCC(N5CCOCC5)CC4)cc3C)ncc2C)c1. The number of benzene rings is 2. The number of nitrogens with one attached hydrogen (secondary N) is 3. The zero-order valence-corrected chi connectivity index (χ0v) is 22.7. The molecule has 204 valence electrons. The van der Waals surface area contributed by atoms with Crippen LogP contribution in [0.5, 0.6) is 0 Å². The van der Waals surface area contributed by atoms with Gasteiger partial charge in [-0.15, -0.1) is 0 Å². The third kappa shape index (κ3) is 6.74. The summed E-state index contributed by atoms with van der Waals surface area (Å²) < 4.78 is 5.52. The Balaban J connectivity index is 1.22. The fourth-order valence-electron chi connectivity index (χ4n) is 5.17. The number of morpholine rings is 1. The van der Waals surface area contributed by atoms with Gasteiger partial charge in [-0.3, -0.25) is 9.69 Å². The first kappa shape index (κ1) is 26.6. The molecule has 0 unspecified atom stereocenters. The number of rotatable bonds is 8. The first-order chi connectivity index (χ1) is 19.0. The fourth-order valence-corrected chi connectivity index (χ4v) is 5.17. The zero-order chi connectivity index (χ0) is 27.2. The first-order valence-electron chi connectivity index (χ1n) is 13.6. The van der Waals surface area contributed by atoms with Crippen molar-refractivity contribution in [2.75, 3.05) is 60.2 Å². The Kier molecular flexibility index (Phi) is 8.39. The van der Waals surface area contributed by atoms with Gasteiger partial charge in [0.1, 0.15) is 5.82 Å². The minimum atomic E-state index is -0.254. The molecule has 0 bridgehead atoms. The van der Waals surface area contributed by atoms with Crippen molar-refractivity contribution >= 4 is 40.4 Å². The second-order valence-electron chi connectivity index (χ2n) is 10.1. The van der Waals surface area contributed by atoms with Crippen LogP contribution in [0.2, 0.25) is 0 Å². The van der Waals surface area contributed by atoms with E-state index in [9.17, 15) is 4.79 Å². The Morgan fingerprint density at radius 3 is 2.51 bits per heavy atom. The van der Waals surface area contributed by atoms with Crippen molar-refractivity contribution in [2.45, 2.75) is 32.7 Å². The molecule has 0 spiro atoms. The van der Waals surface area contributed by atoms with Crippen molar-refractivity contribution in [3.05, 3.63) is 72.4 Å². The van der Waals surface area contributed by atoms with Crippen LogP contribution in [0, 0.1) is 13.8 Å². The minimum Gasteiger partial charge on any atom is -0.379 e. The van der Waals surface area contributed by atoms with Gasteiger partial charge in [-0.1, -0.05) is 12.6 Å². The number of amides is 1. The average Bonchev–Trinajstić information content (AvgIpc) is 2.96. The van der Waals surface area contributed by atoms with Crippen LogP contribution in [-0.2, 0) is 9.53 Å². The zero-order valence-electron chi connectivity index (χ0n) is 22.7. The highest BCUT2D eigenvalue weighted by Gasteiger charge is 2.26. The predicted molar refractivity (Wildman–Crippen MR) is 157 cm³/mol. The van der Waals surface area contributed by atoms with Gasteiger partial charge < -0.3 is 25.6 Å². The molecule has 9 nitrogen and oxygen atoms in total. The molecule has 0 saturated carbocycles. The van der Waals surface area contributed by atoms with Crippen LogP contribution in [0.4, 0.5) is 34.5 Å². The highest BCUT2D eigenvalue weighted by atomic mass is 16.5. The van der Waals surface area contributed by atoms with Gasteiger partial charge in [0.05, 0.1) is 13.2 Å². The van der Waals surface area contributed by atoms with Gasteiger partial charge in [-0.25, -0.2) is 4.98 Å². The van der Waals surface area contributed by atoms with Crippen molar-refractivity contribution in [1.29, 1.82) is 0 Å². The number of hydrogen-bond acceptors (Lipinski definition) is 8. The summed E-state index contributed by atoms with van der Waals surface area (Å²) in [7, 11) is 0. The van der Waals surface area contributed by atoms with Crippen LogP contribution in [-0.4, -0.2) is 66.2 Å². The lowest BCUT2D eigenvalue weighted by Crippen LogP contribution is -2.49. The maximum atomic E-state index is 11.6. The quantitative estimate of drug-likeness (QED) is 0.352. The molecule has 0 radical (unpaired) electrons. The van der Waals surface area contributed by atoms with E-state index in [1.807, 2.05) is 31.2 Å². The Morgan fingerprint density at radius 1 is 1.00 bits per heavy atom. The molecule has 5 rings (SSSR count). The highest BCUT2D eigenvalue weighted by molar-refractivity contribution is 5.99. The van der Waals surface area contributed by atoms with E-state index in [0.717, 1.165) is 61.9 Å². The van der Waals surface area contributed by atoms with E-state index >= 15 is 0 Å². The summed E-state index contributed by atoms with van der Waals surface area (Å²) in [5.74, 6) is 0.953. The van der Waals surface area contributed by atoms with Crippen LogP contribution in [0.15, 0.2) is 61.3 Å². The van der Waals surface area contributed by atoms with E-state index in [4.69, 9.17) is 9.72 Å². The third-order valence-electron chi connectivity index (χ3n) is 7.40. The number of hydrogen-bond donors (Lipinski definition) is 3. The van der Waals surface area contributed by atoms with Crippen molar-refractivity contribution in [3.8, 4) is 0 Å². The standard InChI is InChI=1S/C30H37N7O2/c1-4-28(38)32-23-6-5-7-24(19-23)33-29-22(3)20-31-30(35-29)34-27-9-8-26(18-21(27)2)36-12-10-25(11-13-36)37-14-16-39-17-15-37/h4-9,18-20,25H,1,10-17H2,2-3H3,(H,32,38)(H2,31,33,34,35). The van der Waals surface area contributed by atoms with Gasteiger partial charge in [0.25, 0.3) is 0 Å². The Hall–Kier alpha value is -3.95. The highest BCUT2D eigenvalue weighted by Crippen LogP contribution is 2.29. The van der Waals surface area contributed by atoms with Gasteiger partial charge >= 0.3 is 0 Å². The van der Waals surface area contributed by atoms with E-state index in [0.29, 0.717) is 23.5 Å². The number of carbonyl (C=O) groups excluding carboxylic acids is 1.